The molecule has 0 heterocycles. The van der Waals surface area contributed by atoms with Crippen LogP contribution in [0.25, 0.3) is 0 Å². The van der Waals surface area contributed by atoms with Crippen molar-refractivity contribution >= 4 is 29.3 Å². The summed E-state index contributed by atoms with van der Waals surface area (Å²) in [5.41, 5.74) is -0.615. The van der Waals surface area contributed by atoms with E-state index in [0.717, 1.165) is 6.07 Å². The molecule has 0 bridgehead atoms. The molecule has 0 spiro atoms. The molecule has 0 atom stereocenters. The van der Waals surface area contributed by atoms with Crippen LogP contribution in [0.3, 0.4) is 0 Å². The first-order valence-corrected chi connectivity index (χ1v) is 7.29. The number of carbonyl (C=O) groups is 3. The molecule has 1 aromatic carbocycles. The van der Waals surface area contributed by atoms with E-state index in [9.17, 15) is 24.5 Å². The van der Waals surface area contributed by atoms with Crippen molar-refractivity contribution in [3.05, 3.63) is 33.9 Å². The molecule has 0 aliphatic rings. The van der Waals surface area contributed by atoms with Gasteiger partial charge in [0.15, 0.2) is 6.61 Å². The molecule has 0 aliphatic carbocycles. The van der Waals surface area contributed by atoms with E-state index in [1.807, 2.05) is 5.32 Å². The number of anilines is 1. The van der Waals surface area contributed by atoms with Crippen molar-refractivity contribution in [3.63, 3.8) is 0 Å². The number of hydrogen-bond acceptors (Lipinski definition) is 7. The Labute approximate surface area is 144 Å². The van der Waals surface area contributed by atoms with Crippen LogP contribution in [0.15, 0.2) is 18.2 Å². The molecule has 3 amide bonds. The van der Waals surface area contributed by atoms with Crippen molar-refractivity contribution in [1.82, 2.24) is 10.6 Å². The van der Waals surface area contributed by atoms with Gasteiger partial charge in [0.25, 0.3) is 11.6 Å². The van der Waals surface area contributed by atoms with Gasteiger partial charge in [0.2, 0.25) is 0 Å². The van der Waals surface area contributed by atoms with E-state index in [-0.39, 0.29) is 11.3 Å². The van der Waals surface area contributed by atoms with Crippen molar-refractivity contribution in [3.8, 4) is 0 Å². The molecule has 1 rings (SSSR count). The van der Waals surface area contributed by atoms with Crippen LogP contribution in [0, 0.1) is 10.1 Å². The number of hydrogen-bond donors (Lipinski definition) is 3. The summed E-state index contributed by atoms with van der Waals surface area (Å²) in [6, 6.07) is 2.90. The molecule has 0 aliphatic heterocycles. The van der Waals surface area contributed by atoms with E-state index in [0.29, 0.717) is 5.69 Å². The molecule has 25 heavy (non-hydrogen) atoms. The van der Waals surface area contributed by atoms with Crippen LogP contribution in [-0.2, 0) is 9.53 Å². The predicted molar refractivity (Wildman–Crippen MR) is 89.4 cm³/mol. The van der Waals surface area contributed by atoms with Gasteiger partial charge < -0.3 is 15.4 Å². The number of ether oxygens (including phenoxy) is 1. The monoisotopic (exact) mass is 352 g/mol. The molecule has 1 aromatic rings. The Morgan fingerprint density at radius 3 is 2.40 bits per heavy atom. The summed E-state index contributed by atoms with van der Waals surface area (Å²) in [5.74, 6) is -1.76. The molecular formula is C15H20N4O6. The van der Waals surface area contributed by atoms with Gasteiger partial charge in [-0.1, -0.05) is 0 Å². The maximum absolute atomic E-state index is 12.1. The van der Waals surface area contributed by atoms with Crippen LogP contribution < -0.4 is 16.0 Å². The Hall–Kier alpha value is -3.17. The highest BCUT2D eigenvalue weighted by Gasteiger charge is 2.20. The van der Waals surface area contributed by atoms with Gasteiger partial charge in [-0.3, -0.25) is 20.2 Å². The normalized spacial score (nSPS) is 10.6. The summed E-state index contributed by atoms with van der Waals surface area (Å²) < 4.78 is 4.80. The Balaban J connectivity index is 2.70. The molecule has 0 radical (unpaired) electrons. The molecule has 0 aromatic heterocycles. The zero-order chi connectivity index (χ0) is 19.2. The van der Waals surface area contributed by atoms with Gasteiger partial charge in [0.1, 0.15) is 0 Å². The summed E-state index contributed by atoms with van der Waals surface area (Å²) in [5, 5.41) is 18.0. The average Bonchev–Trinajstić information content (AvgIpc) is 2.49. The average molecular weight is 352 g/mol. The fraction of sp³-hybridized carbons (Fsp3) is 0.400. The van der Waals surface area contributed by atoms with Gasteiger partial charge >= 0.3 is 12.0 Å². The Morgan fingerprint density at radius 2 is 1.88 bits per heavy atom. The van der Waals surface area contributed by atoms with Gasteiger partial charge in [-0.15, -0.1) is 0 Å². The van der Waals surface area contributed by atoms with Gasteiger partial charge in [0.05, 0.1) is 10.5 Å². The van der Waals surface area contributed by atoms with E-state index in [4.69, 9.17) is 4.74 Å². The molecule has 136 valence electrons. The number of carbonyl (C=O) groups excluding carboxylic acids is 3. The highest BCUT2D eigenvalue weighted by atomic mass is 16.6. The van der Waals surface area contributed by atoms with E-state index in [1.165, 1.54) is 19.2 Å². The van der Waals surface area contributed by atoms with Crippen LogP contribution in [-0.4, -0.2) is 42.0 Å². The van der Waals surface area contributed by atoms with Crippen molar-refractivity contribution in [2.75, 3.05) is 19.0 Å². The predicted octanol–water partition coefficient (Wildman–Crippen LogP) is 1.42. The minimum atomic E-state index is -0.931. The number of esters is 1. The quantitative estimate of drug-likeness (QED) is 0.413. The van der Waals surface area contributed by atoms with Crippen molar-refractivity contribution in [2.45, 2.75) is 26.3 Å². The fourth-order valence-electron chi connectivity index (χ4n) is 1.78. The van der Waals surface area contributed by atoms with E-state index in [1.54, 1.807) is 20.8 Å². The first kappa shape index (κ1) is 19.9. The summed E-state index contributed by atoms with van der Waals surface area (Å²) >= 11 is 0. The molecule has 0 saturated heterocycles. The number of non-ortho nitro benzene ring substituents is 1. The lowest BCUT2D eigenvalue weighted by Crippen LogP contribution is -2.49. The number of nitrogens with one attached hydrogen (secondary N) is 3. The number of nitro groups is 1. The third-order valence-corrected chi connectivity index (χ3v) is 2.78. The summed E-state index contributed by atoms with van der Waals surface area (Å²) in [4.78, 5) is 45.4. The van der Waals surface area contributed by atoms with Gasteiger partial charge in [-0.25, -0.2) is 9.59 Å². The molecule has 0 fully saturated rings. The number of amides is 3. The highest BCUT2D eigenvalue weighted by molar-refractivity contribution is 5.99. The lowest BCUT2D eigenvalue weighted by atomic mass is 10.1. The van der Waals surface area contributed by atoms with Crippen LogP contribution in [0.5, 0.6) is 0 Å². The van der Waals surface area contributed by atoms with Gasteiger partial charge in [-0.2, -0.15) is 0 Å². The summed E-state index contributed by atoms with van der Waals surface area (Å²) in [7, 11) is 1.53. The lowest BCUT2D eigenvalue weighted by Gasteiger charge is -2.20. The maximum atomic E-state index is 12.1. The molecule has 3 N–H and O–H groups in total. The van der Waals surface area contributed by atoms with Crippen molar-refractivity contribution < 1.29 is 24.0 Å². The Kier molecular flexibility index (Phi) is 6.43. The standard InChI is InChI=1S/C15H20N4O6/c1-15(2,3)18-14(22)17-12(20)8-25-13(21)10-7-9(19(23)24)5-6-11(10)16-4/h5-7,16H,8H2,1-4H3,(H2,17,18,20,22). The van der Waals surface area contributed by atoms with Crippen LogP contribution in [0.1, 0.15) is 31.1 Å². The SMILES string of the molecule is CNc1ccc([N+](=O)[O-])cc1C(=O)OCC(=O)NC(=O)NC(C)(C)C. The maximum Gasteiger partial charge on any atom is 0.341 e. The van der Waals surface area contributed by atoms with E-state index < -0.39 is 35.0 Å². The highest BCUT2D eigenvalue weighted by Crippen LogP contribution is 2.22. The molecule has 0 unspecified atom stereocenters. The minimum absolute atomic E-state index is 0.0938. The molecule has 10 nitrogen and oxygen atoms in total. The molecule has 0 saturated carbocycles. The zero-order valence-corrected chi connectivity index (χ0v) is 14.3. The van der Waals surface area contributed by atoms with Gasteiger partial charge in [0, 0.05) is 30.4 Å². The Morgan fingerprint density at radius 1 is 1.24 bits per heavy atom. The molecular weight excluding hydrogens is 332 g/mol. The third kappa shape index (κ3) is 6.45. The van der Waals surface area contributed by atoms with Crippen LogP contribution >= 0.6 is 0 Å². The van der Waals surface area contributed by atoms with E-state index >= 15 is 0 Å². The molecule has 10 heteroatoms. The number of nitrogens with zero attached hydrogens (tertiary/aromatic N) is 1. The Bertz CT molecular complexity index is 696. The van der Waals surface area contributed by atoms with Gasteiger partial charge in [-0.05, 0) is 26.8 Å². The zero-order valence-electron chi connectivity index (χ0n) is 14.3. The lowest BCUT2D eigenvalue weighted by molar-refractivity contribution is -0.384. The second-order valence-corrected chi connectivity index (χ2v) is 6.07. The smallest absolute Gasteiger partial charge is 0.341 e. The number of benzene rings is 1. The first-order valence-electron chi connectivity index (χ1n) is 7.29. The van der Waals surface area contributed by atoms with Crippen LogP contribution in [0.2, 0.25) is 0 Å². The van der Waals surface area contributed by atoms with Crippen molar-refractivity contribution in [1.29, 1.82) is 0 Å². The number of rotatable bonds is 5. The van der Waals surface area contributed by atoms with E-state index in [2.05, 4.69) is 10.6 Å². The largest absolute Gasteiger partial charge is 0.452 e. The summed E-state index contributed by atoms with van der Waals surface area (Å²) in [6.07, 6.45) is 0. The number of urea groups is 1. The fourth-order valence-corrected chi connectivity index (χ4v) is 1.78. The first-order chi connectivity index (χ1) is 11.5. The minimum Gasteiger partial charge on any atom is -0.452 e. The van der Waals surface area contributed by atoms with Crippen molar-refractivity contribution in [2.24, 2.45) is 0 Å². The number of nitro benzene ring substituents is 1. The topological polar surface area (TPSA) is 140 Å². The third-order valence-electron chi connectivity index (χ3n) is 2.78. The number of imide groups is 1. The second kappa shape index (κ2) is 8.08. The van der Waals surface area contributed by atoms with Crippen LogP contribution in [0.4, 0.5) is 16.2 Å². The summed E-state index contributed by atoms with van der Waals surface area (Å²) in [6.45, 7) is 4.50. The second-order valence-electron chi connectivity index (χ2n) is 6.07.